The number of likely N-dealkylation sites (tertiary alicyclic amines) is 2. The first-order valence-electron chi connectivity index (χ1n) is 8.02. The number of carbonyl (C=O) groups excluding carboxylic acids is 2. The quantitative estimate of drug-likeness (QED) is 0.799. The number of ether oxygens (including phenoxy) is 1. The maximum Gasteiger partial charge on any atom is 0.416 e. The number of aromatic nitrogens is 1. The summed E-state index contributed by atoms with van der Waals surface area (Å²) in [5.74, 6) is -3.42. The van der Waals surface area contributed by atoms with Crippen molar-refractivity contribution in [2.45, 2.75) is 31.7 Å². The molecule has 2 aliphatic rings. The molecule has 136 valence electrons. The summed E-state index contributed by atoms with van der Waals surface area (Å²) in [6.07, 6.45) is 0.565. The lowest BCUT2D eigenvalue weighted by molar-refractivity contribution is -0.138. The molecular weight excluding hydrogens is 356 g/mol. The molecule has 2 amide bonds. The van der Waals surface area contributed by atoms with Crippen molar-refractivity contribution in [1.82, 2.24) is 14.8 Å². The average Bonchev–Trinajstić information content (AvgIpc) is 2.87. The summed E-state index contributed by atoms with van der Waals surface area (Å²) in [5.41, 5.74) is 0. The highest BCUT2D eigenvalue weighted by Gasteiger charge is 2.47. The molecule has 1 aromatic heterocycles. The molecule has 0 bridgehead atoms. The van der Waals surface area contributed by atoms with Gasteiger partial charge in [0.2, 0.25) is 11.8 Å². The van der Waals surface area contributed by atoms with E-state index in [1.165, 1.54) is 23.2 Å². The van der Waals surface area contributed by atoms with Gasteiger partial charge in [0.15, 0.2) is 0 Å². The second-order valence-electron chi connectivity index (χ2n) is 6.50. The van der Waals surface area contributed by atoms with E-state index >= 15 is 0 Å². The molecule has 25 heavy (non-hydrogen) atoms. The lowest BCUT2D eigenvalue weighted by Crippen LogP contribution is -2.57. The average molecular weight is 374 g/mol. The van der Waals surface area contributed by atoms with Crippen molar-refractivity contribution in [3.8, 4) is 5.88 Å². The SMILES string of the molecule is CC1CCN([C@H]2CN(C(=O)Oc3ccc(Cl)cn3)CC(F)(F)C2)C1=O. The van der Waals surface area contributed by atoms with Gasteiger partial charge in [0.25, 0.3) is 5.92 Å². The highest BCUT2D eigenvalue weighted by molar-refractivity contribution is 6.30. The normalized spacial score (nSPS) is 26.0. The van der Waals surface area contributed by atoms with Crippen LogP contribution in [-0.2, 0) is 4.79 Å². The molecule has 2 fully saturated rings. The minimum Gasteiger partial charge on any atom is -0.391 e. The number of nitrogens with zero attached hydrogens (tertiary/aromatic N) is 3. The highest BCUT2D eigenvalue weighted by atomic mass is 35.5. The third-order valence-corrected chi connectivity index (χ3v) is 4.71. The Labute approximate surface area is 148 Å². The van der Waals surface area contributed by atoms with Crippen molar-refractivity contribution in [1.29, 1.82) is 0 Å². The Balaban J connectivity index is 1.71. The van der Waals surface area contributed by atoms with E-state index in [0.717, 1.165) is 4.90 Å². The van der Waals surface area contributed by atoms with E-state index in [1.54, 1.807) is 6.92 Å². The Morgan fingerprint density at radius 2 is 2.20 bits per heavy atom. The number of alkyl halides is 2. The van der Waals surface area contributed by atoms with E-state index in [0.29, 0.717) is 18.0 Å². The van der Waals surface area contributed by atoms with Gasteiger partial charge < -0.3 is 9.64 Å². The molecule has 3 heterocycles. The van der Waals surface area contributed by atoms with Gasteiger partial charge in [0.1, 0.15) is 0 Å². The van der Waals surface area contributed by atoms with Gasteiger partial charge in [-0.1, -0.05) is 18.5 Å². The lowest BCUT2D eigenvalue weighted by atomic mass is 10.0. The van der Waals surface area contributed by atoms with E-state index in [4.69, 9.17) is 16.3 Å². The van der Waals surface area contributed by atoms with Gasteiger partial charge in [-0.25, -0.2) is 18.6 Å². The van der Waals surface area contributed by atoms with Crippen LogP contribution in [0.2, 0.25) is 5.02 Å². The number of amides is 2. The number of pyridine rings is 1. The third-order valence-electron chi connectivity index (χ3n) is 4.49. The van der Waals surface area contributed by atoms with Crippen LogP contribution in [0.25, 0.3) is 0 Å². The zero-order valence-corrected chi connectivity index (χ0v) is 14.4. The van der Waals surface area contributed by atoms with Crippen molar-refractivity contribution in [2.75, 3.05) is 19.6 Å². The Hall–Kier alpha value is -1.96. The van der Waals surface area contributed by atoms with Gasteiger partial charge in [-0.05, 0) is 12.5 Å². The van der Waals surface area contributed by atoms with Gasteiger partial charge in [-0.3, -0.25) is 9.69 Å². The molecule has 2 atom stereocenters. The molecule has 1 aromatic rings. The molecule has 2 aliphatic heterocycles. The smallest absolute Gasteiger partial charge is 0.391 e. The molecule has 0 N–H and O–H groups in total. The Morgan fingerprint density at radius 1 is 1.44 bits per heavy atom. The molecule has 0 aliphatic carbocycles. The maximum atomic E-state index is 14.1. The number of halogens is 3. The summed E-state index contributed by atoms with van der Waals surface area (Å²) < 4.78 is 33.3. The predicted octanol–water partition coefficient (Wildman–Crippen LogP) is 2.81. The van der Waals surface area contributed by atoms with E-state index in [2.05, 4.69) is 4.98 Å². The summed E-state index contributed by atoms with van der Waals surface area (Å²) >= 11 is 5.70. The summed E-state index contributed by atoms with van der Waals surface area (Å²) in [6, 6.07) is 2.15. The van der Waals surface area contributed by atoms with Crippen molar-refractivity contribution in [2.24, 2.45) is 5.92 Å². The van der Waals surface area contributed by atoms with Crippen LogP contribution < -0.4 is 4.74 Å². The lowest BCUT2D eigenvalue weighted by Gasteiger charge is -2.40. The van der Waals surface area contributed by atoms with E-state index in [9.17, 15) is 18.4 Å². The largest absolute Gasteiger partial charge is 0.416 e. The summed E-state index contributed by atoms with van der Waals surface area (Å²) in [7, 11) is 0. The molecule has 0 spiro atoms. The first-order chi connectivity index (χ1) is 11.7. The minimum atomic E-state index is -3.08. The van der Waals surface area contributed by atoms with E-state index in [1.807, 2.05) is 0 Å². The van der Waals surface area contributed by atoms with Gasteiger partial charge in [0.05, 0.1) is 17.6 Å². The fourth-order valence-corrected chi connectivity index (χ4v) is 3.32. The Bertz CT molecular complexity index is 671. The van der Waals surface area contributed by atoms with Gasteiger partial charge >= 0.3 is 6.09 Å². The van der Waals surface area contributed by atoms with Gasteiger partial charge in [-0.15, -0.1) is 0 Å². The standard InChI is InChI=1S/C16H18ClF2N3O3/c1-10-4-5-22(14(10)23)12-6-16(18,19)9-21(8-12)15(24)25-13-3-2-11(17)7-20-13/h2-3,7,10,12H,4-6,8-9H2,1H3/t10?,12-/m1/s1. The second-order valence-corrected chi connectivity index (χ2v) is 6.93. The molecule has 9 heteroatoms. The topological polar surface area (TPSA) is 62.7 Å². The van der Waals surface area contributed by atoms with Crippen LogP contribution in [-0.4, -0.2) is 58.4 Å². The van der Waals surface area contributed by atoms with Crippen molar-refractivity contribution >= 4 is 23.6 Å². The van der Waals surface area contributed by atoms with Crippen LogP contribution >= 0.6 is 11.6 Å². The van der Waals surface area contributed by atoms with Crippen LogP contribution in [0.1, 0.15) is 19.8 Å². The zero-order chi connectivity index (χ0) is 18.2. The summed E-state index contributed by atoms with van der Waals surface area (Å²) in [6.45, 7) is 1.48. The second kappa shape index (κ2) is 6.74. The van der Waals surface area contributed by atoms with Crippen LogP contribution in [0.4, 0.5) is 13.6 Å². The maximum absolute atomic E-state index is 14.1. The van der Waals surface area contributed by atoms with Crippen LogP contribution in [0.3, 0.4) is 0 Å². The summed E-state index contributed by atoms with van der Waals surface area (Å²) in [5, 5.41) is 0.367. The number of hydrogen-bond donors (Lipinski definition) is 0. The number of hydrogen-bond acceptors (Lipinski definition) is 4. The van der Waals surface area contributed by atoms with Crippen LogP contribution in [0.15, 0.2) is 18.3 Å². The molecular formula is C16H18ClF2N3O3. The highest BCUT2D eigenvalue weighted by Crippen LogP contribution is 2.32. The van der Waals surface area contributed by atoms with E-state index < -0.39 is 31.0 Å². The molecule has 0 aromatic carbocycles. The van der Waals surface area contributed by atoms with Gasteiger partial charge in [-0.2, -0.15) is 0 Å². The molecule has 6 nitrogen and oxygen atoms in total. The zero-order valence-electron chi connectivity index (χ0n) is 13.6. The molecule has 2 saturated heterocycles. The monoisotopic (exact) mass is 373 g/mol. The first kappa shape index (κ1) is 17.8. The Morgan fingerprint density at radius 3 is 2.80 bits per heavy atom. The fourth-order valence-electron chi connectivity index (χ4n) is 3.21. The molecule has 0 saturated carbocycles. The number of carbonyl (C=O) groups is 2. The number of rotatable bonds is 2. The van der Waals surface area contributed by atoms with Crippen LogP contribution in [0, 0.1) is 5.92 Å². The first-order valence-corrected chi connectivity index (χ1v) is 8.39. The molecule has 1 unspecified atom stereocenters. The molecule has 3 rings (SSSR count). The number of piperidine rings is 1. The van der Waals surface area contributed by atoms with E-state index in [-0.39, 0.29) is 24.2 Å². The third kappa shape index (κ3) is 4.00. The van der Waals surface area contributed by atoms with Gasteiger partial charge in [0, 0.05) is 37.7 Å². The summed E-state index contributed by atoms with van der Waals surface area (Å²) in [4.78, 5) is 30.6. The predicted molar refractivity (Wildman–Crippen MR) is 85.7 cm³/mol. The molecule has 0 radical (unpaired) electrons. The van der Waals surface area contributed by atoms with Crippen LogP contribution in [0.5, 0.6) is 5.88 Å². The fraction of sp³-hybridized carbons (Fsp3) is 0.562. The van der Waals surface area contributed by atoms with Crippen molar-refractivity contribution in [3.63, 3.8) is 0 Å². The Kier molecular flexibility index (Phi) is 4.81. The van der Waals surface area contributed by atoms with Crippen molar-refractivity contribution < 1.29 is 23.1 Å². The van der Waals surface area contributed by atoms with Crippen molar-refractivity contribution in [3.05, 3.63) is 23.4 Å². The minimum absolute atomic E-state index is 0.0144.